The van der Waals surface area contributed by atoms with E-state index in [0.717, 1.165) is 5.56 Å². The lowest BCUT2D eigenvalue weighted by Gasteiger charge is -2.27. The van der Waals surface area contributed by atoms with E-state index in [9.17, 15) is 18.3 Å². The summed E-state index contributed by atoms with van der Waals surface area (Å²) in [6.45, 7) is 3.60. The summed E-state index contributed by atoms with van der Waals surface area (Å²) in [6.07, 6.45) is -3.85. The molecule has 1 aromatic rings. The molecule has 22 heavy (non-hydrogen) atoms. The molecular formula is C17H21F3O2. The van der Waals surface area contributed by atoms with Gasteiger partial charge in [-0.15, -0.1) is 5.73 Å². The van der Waals surface area contributed by atoms with Gasteiger partial charge >= 0.3 is 6.18 Å². The van der Waals surface area contributed by atoms with Crippen LogP contribution in [0.3, 0.4) is 0 Å². The van der Waals surface area contributed by atoms with Gasteiger partial charge in [-0.1, -0.05) is 44.2 Å². The second-order valence-corrected chi connectivity index (χ2v) is 5.03. The van der Waals surface area contributed by atoms with Gasteiger partial charge in [0.25, 0.3) is 0 Å². The Hall–Kier alpha value is -1.55. The lowest BCUT2D eigenvalue weighted by Crippen LogP contribution is -2.31. The van der Waals surface area contributed by atoms with E-state index in [1.807, 2.05) is 30.3 Å². The maximum absolute atomic E-state index is 12.3. The molecular weight excluding hydrogens is 293 g/mol. The zero-order valence-electron chi connectivity index (χ0n) is 12.8. The first-order chi connectivity index (χ1) is 10.3. The van der Waals surface area contributed by atoms with Crippen molar-refractivity contribution in [2.75, 3.05) is 6.61 Å². The summed E-state index contributed by atoms with van der Waals surface area (Å²) in [5, 5.41) is 10.4. The first kappa shape index (κ1) is 18.5. The van der Waals surface area contributed by atoms with Crippen molar-refractivity contribution in [1.82, 2.24) is 0 Å². The molecule has 0 heterocycles. The highest BCUT2D eigenvalue weighted by atomic mass is 19.4. The van der Waals surface area contributed by atoms with Crippen molar-refractivity contribution >= 4 is 0 Å². The Morgan fingerprint density at radius 2 is 1.77 bits per heavy atom. The molecule has 0 aliphatic heterocycles. The molecule has 1 rings (SSSR count). The molecule has 2 nitrogen and oxygen atoms in total. The SMILES string of the molecule is CCC(O)(CC)C(=C=CC(F)(F)F)COCc1ccccc1. The lowest BCUT2D eigenvalue weighted by molar-refractivity contribution is -0.0798. The van der Waals surface area contributed by atoms with Crippen LogP contribution in [0.2, 0.25) is 0 Å². The van der Waals surface area contributed by atoms with Crippen molar-refractivity contribution in [3.05, 3.63) is 53.3 Å². The molecule has 0 bridgehead atoms. The Labute approximate surface area is 128 Å². The van der Waals surface area contributed by atoms with E-state index in [4.69, 9.17) is 4.74 Å². The summed E-state index contributed by atoms with van der Waals surface area (Å²) >= 11 is 0. The molecule has 0 radical (unpaired) electrons. The van der Waals surface area contributed by atoms with Gasteiger partial charge in [-0.25, -0.2) is 0 Å². The highest BCUT2D eigenvalue weighted by molar-refractivity contribution is 5.18. The van der Waals surface area contributed by atoms with E-state index in [1.165, 1.54) is 0 Å². The monoisotopic (exact) mass is 314 g/mol. The fourth-order valence-electron chi connectivity index (χ4n) is 2.00. The standard InChI is InChI=1S/C17H21F3O2/c1-3-16(21,4-2)15(10-11-17(18,19)20)13-22-12-14-8-6-5-7-9-14/h5-9,11,21H,3-4,12-13H2,1-2H3. The summed E-state index contributed by atoms with van der Waals surface area (Å²) in [7, 11) is 0. The van der Waals surface area contributed by atoms with Gasteiger partial charge < -0.3 is 9.84 Å². The molecule has 0 aliphatic carbocycles. The van der Waals surface area contributed by atoms with Gasteiger partial charge in [-0.2, -0.15) is 13.2 Å². The maximum Gasteiger partial charge on any atom is 0.416 e. The highest BCUT2D eigenvalue weighted by Crippen LogP contribution is 2.26. The third kappa shape index (κ3) is 6.06. The number of rotatable bonds is 7. The second-order valence-electron chi connectivity index (χ2n) is 5.03. The van der Waals surface area contributed by atoms with Crippen molar-refractivity contribution in [1.29, 1.82) is 0 Å². The van der Waals surface area contributed by atoms with Crippen LogP contribution in [0.4, 0.5) is 13.2 Å². The fraction of sp³-hybridized carbons (Fsp3) is 0.471. The zero-order chi connectivity index (χ0) is 16.6. The van der Waals surface area contributed by atoms with E-state index in [2.05, 4.69) is 5.73 Å². The van der Waals surface area contributed by atoms with Crippen LogP contribution in [-0.2, 0) is 11.3 Å². The van der Waals surface area contributed by atoms with Crippen LogP contribution in [-0.4, -0.2) is 23.5 Å². The van der Waals surface area contributed by atoms with Crippen LogP contribution in [0.1, 0.15) is 32.3 Å². The minimum atomic E-state index is -4.47. The van der Waals surface area contributed by atoms with E-state index in [-0.39, 0.29) is 24.9 Å². The molecule has 0 fully saturated rings. The molecule has 0 unspecified atom stereocenters. The molecule has 0 saturated carbocycles. The quantitative estimate of drug-likeness (QED) is 0.756. The number of alkyl halides is 3. The second kappa shape index (κ2) is 8.18. The minimum Gasteiger partial charge on any atom is -0.385 e. The van der Waals surface area contributed by atoms with Gasteiger partial charge in [0.1, 0.15) is 0 Å². The molecule has 0 saturated heterocycles. The van der Waals surface area contributed by atoms with Gasteiger partial charge in [0.2, 0.25) is 0 Å². The molecule has 122 valence electrons. The minimum absolute atomic E-state index is 0.0184. The van der Waals surface area contributed by atoms with Gasteiger partial charge in [-0.3, -0.25) is 0 Å². The van der Waals surface area contributed by atoms with Crippen LogP contribution in [0.15, 0.2) is 47.7 Å². The summed E-state index contributed by atoms with van der Waals surface area (Å²) < 4.78 is 42.5. The molecule has 1 N–H and O–H groups in total. The predicted molar refractivity (Wildman–Crippen MR) is 79.3 cm³/mol. The highest BCUT2D eigenvalue weighted by Gasteiger charge is 2.29. The molecule has 0 atom stereocenters. The van der Waals surface area contributed by atoms with Gasteiger partial charge in [0, 0.05) is 5.57 Å². The lowest BCUT2D eigenvalue weighted by atomic mass is 9.89. The molecule has 0 amide bonds. The normalized spacial score (nSPS) is 11.9. The Balaban J connectivity index is 2.85. The Morgan fingerprint density at radius 3 is 2.27 bits per heavy atom. The summed E-state index contributed by atoms with van der Waals surface area (Å²) in [5.74, 6) is 0. The average molecular weight is 314 g/mol. The Bertz CT molecular complexity index is 510. The average Bonchev–Trinajstić information content (AvgIpc) is 2.50. The molecule has 0 aromatic heterocycles. The van der Waals surface area contributed by atoms with E-state index in [1.54, 1.807) is 13.8 Å². The van der Waals surface area contributed by atoms with E-state index < -0.39 is 11.8 Å². The van der Waals surface area contributed by atoms with Crippen molar-refractivity contribution < 1.29 is 23.0 Å². The van der Waals surface area contributed by atoms with Crippen molar-refractivity contribution in [3.8, 4) is 0 Å². The van der Waals surface area contributed by atoms with E-state index in [0.29, 0.717) is 12.8 Å². The fourth-order valence-corrected chi connectivity index (χ4v) is 2.00. The van der Waals surface area contributed by atoms with Crippen LogP contribution >= 0.6 is 0 Å². The topological polar surface area (TPSA) is 29.5 Å². The van der Waals surface area contributed by atoms with Crippen molar-refractivity contribution in [2.24, 2.45) is 0 Å². The van der Waals surface area contributed by atoms with Crippen LogP contribution in [0.5, 0.6) is 0 Å². The zero-order valence-corrected chi connectivity index (χ0v) is 12.8. The van der Waals surface area contributed by atoms with Crippen molar-refractivity contribution in [2.45, 2.75) is 45.1 Å². The third-order valence-electron chi connectivity index (χ3n) is 3.50. The first-order valence-electron chi connectivity index (χ1n) is 7.18. The van der Waals surface area contributed by atoms with E-state index >= 15 is 0 Å². The number of ether oxygens (including phenoxy) is 1. The molecule has 5 heteroatoms. The third-order valence-corrected chi connectivity index (χ3v) is 3.50. The van der Waals surface area contributed by atoms with Crippen LogP contribution in [0.25, 0.3) is 0 Å². The van der Waals surface area contributed by atoms with Gasteiger partial charge in [0.15, 0.2) is 0 Å². The number of aliphatic hydroxyl groups is 1. The number of hydrogen-bond donors (Lipinski definition) is 1. The predicted octanol–water partition coefficient (Wildman–Crippen LogP) is 4.40. The summed E-state index contributed by atoms with van der Waals surface area (Å²) in [4.78, 5) is 0. The first-order valence-corrected chi connectivity index (χ1v) is 7.18. The number of hydrogen-bond acceptors (Lipinski definition) is 2. The summed E-state index contributed by atoms with van der Waals surface area (Å²) in [5.41, 5.74) is 1.88. The molecule has 0 aliphatic rings. The van der Waals surface area contributed by atoms with Crippen molar-refractivity contribution in [3.63, 3.8) is 0 Å². The van der Waals surface area contributed by atoms with Gasteiger partial charge in [0.05, 0.1) is 24.9 Å². The molecule has 1 aromatic carbocycles. The Morgan fingerprint density at radius 1 is 1.18 bits per heavy atom. The number of benzene rings is 1. The van der Waals surface area contributed by atoms with Crippen LogP contribution < -0.4 is 0 Å². The summed E-state index contributed by atoms with van der Waals surface area (Å²) in [6, 6.07) is 9.30. The smallest absolute Gasteiger partial charge is 0.385 e. The maximum atomic E-state index is 12.3. The molecule has 0 spiro atoms. The van der Waals surface area contributed by atoms with Crippen LogP contribution in [0, 0.1) is 0 Å². The van der Waals surface area contributed by atoms with Gasteiger partial charge in [-0.05, 0) is 18.4 Å². The largest absolute Gasteiger partial charge is 0.416 e. The Kier molecular flexibility index (Phi) is 6.88. The number of halogens is 3.